The Bertz CT molecular complexity index is 223. The van der Waals surface area contributed by atoms with Crippen molar-refractivity contribution in [1.29, 1.82) is 0 Å². The van der Waals surface area contributed by atoms with Crippen LogP contribution in [0, 0.1) is 11.3 Å². The predicted molar refractivity (Wildman–Crippen MR) is 38.4 cm³/mol. The molecular formula is C8H10F3N. The summed E-state index contributed by atoms with van der Waals surface area (Å²) in [4.78, 5) is 1.65. The van der Waals surface area contributed by atoms with Gasteiger partial charge in [0.15, 0.2) is 0 Å². The largest absolute Gasteiger partial charge is 0.396 e. The highest BCUT2D eigenvalue weighted by Gasteiger charge is 2.73. The van der Waals surface area contributed by atoms with Crippen LogP contribution in [0.2, 0.25) is 0 Å². The lowest BCUT2D eigenvalue weighted by atomic mass is 10.1. The minimum absolute atomic E-state index is 0.116. The molecule has 1 saturated heterocycles. The van der Waals surface area contributed by atoms with E-state index >= 15 is 0 Å². The Balaban J connectivity index is 2.14. The van der Waals surface area contributed by atoms with Gasteiger partial charge in [-0.1, -0.05) is 6.58 Å². The zero-order valence-electron chi connectivity index (χ0n) is 6.56. The van der Waals surface area contributed by atoms with E-state index in [1.165, 1.54) is 6.20 Å². The van der Waals surface area contributed by atoms with Crippen LogP contribution < -0.4 is 0 Å². The number of alkyl halides is 3. The Kier molecular flexibility index (Phi) is 1.31. The first-order chi connectivity index (χ1) is 5.49. The summed E-state index contributed by atoms with van der Waals surface area (Å²) in [6, 6.07) is 0. The van der Waals surface area contributed by atoms with Crippen molar-refractivity contribution >= 4 is 0 Å². The molecule has 0 aromatic heterocycles. The molecule has 4 heteroatoms. The SMILES string of the molecule is C=CN1CC2CC2(C(F)(F)F)C1. The van der Waals surface area contributed by atoms with Crippen molar-refractivity contribution in [2.24, 2.45) is 11.3 Å². The summed E-state index contributed by atoms with van der Waals surface area (Å²) in [7, 11) is 0. The van der Waals surface area contributed by atoms with Crippen LogP contribution in [0.25, 0.3) is 0 Å². The Hall–Kier alpha value is -0.670. The monoisotopic (exact) mass is 177 g/mol. The number of likely N-dealkylation sites (tertiary alicyclic amines) is 1. The first kappa shape index (κ1) is 7.95. The van der Waals surface area contributed by atoms with Gasteiger partial charge in [0.1, 0.15) is 0 Å². The lowest BCUT2D eigenvalue weighted by Crippen LogP contribution is -2.31. The van der Waals surface area contributed by atoms with Crippen LogP contribution >= 0.6 is 0 Å². The Morgan fingerprint density at radius 3 is 2.50 bits per heavy atom. The van der Waals surface area contributed by atoms with Crippen LogP contribution in [0.3, 0.4) is 0 Å². The second kappa shape index (κ2) is 1.98. The van der Waals surface area contributed by atoms with Gasteiger partial charge >= 0.3 is 6.18 Å². The van der Waals surface area contributed by atoms with E-state index in [1.54, 1.807) is 4.90 Å². The minimum Gasteiger partial charge on any atom is -0.377 e. The first-order valence-corrected chi connectivity index (χ1v) is 3.93. The normalized spacial score (nSPS) is 39.6. The van der Waals surface area contributed by atoms with Gasteiger partial charge in [0, 0.05) is 13.1 Å². The van der Waals surface area contributed by atoms with Gasteiger partial charge in [-0.2, -0.15) is 13.2 Å². The highest BCUT2D eigenvalue weighted by Crippen LogP contribution is 2.66. The summed E-state index contributed by atoms with van der Waals surface area (Å²) < 4.78 is 37.3. The van der Waals surface area contributed by atoms with Crippen LogP contribution in [0.1, 0.15) is 6.42 Å². The molecule has 0 aromatic rings. The second-order valence-electron chi connectivity index (χ2n) is 3.67. The number of halogens is 3. The number of hydrogen-bond acceptors (Lipinski definition) is 1. The zero-order chi connectivity index (χ0) is 8.98. The van der Waals surface area contributed by atoms with Crippen molar-refractivity contribution in [1.82, 2.24) is 4.90 Å². The molecule has 1 heterocycles. The molecule has 0 spiro atoms. The van der Waals surface area contributed by atoms with Gasteiger partial charge in [0.2, 0.25) is 0 Å². The van der Waals surface area contributed by atoms with Gasteiger partial charge in [0.05, 0.1) is 5.41 Å². The van der Waals surface area contributed by atoms with Gasteiger partial charge in [-0.15, -0.1) is 0 Å². The highest BCUT2D eigenvalue weighted by atomic mass is 19.4. The van der Waals surface area contributed by atoms with E-state index in [1.807, 2.05) is 0 Å². The quantitative estimate of drug-likeness (QED) is 0.592. The zero-order valence-corrected chi connectivity index (χ0v) is 6.56. The molecule has 0 N–H and O–H groups in total. The third-order valence-electron chi connectivity index (χ3n) is 2.99. The number of nitrogens with zero attached hydrogens (tertiary/aromatic N) is 1. The van der Waals surface area contributed by atoms with Crippen LogP contribution in [0.5, 0.6) is 0 Å². The molecule has 1 nitrogen and oxygen atoms in total. The third kappa shape index (κ3) is 0.807. The second-order valence-corrected chi connectivity index (χ2v) is 3.67. The average Bonchev–Trinajstić information content (AvgIpc) is 2.54. The smallest absolute Gasteiger partial charge is 0.377 e. The summed E-state index contributed by atoms with van der Waals surface area (Å²) in [5, 5.41) is 0. The van der Waals surface area contributed by atoms with Crippen molar-refractivity contribution in [3.63, 3.8) is 0 Å². The summed E-state index contributed by atoms with van der Waals surface area (Å²) in [5.41, 5.74) is -1.37. The van der Waals surface area contributed by atoms with Crippen molar-refractivity contribution in [3.8, 4) is 0 Å². The Morgan fingerprint density at radius 1 is 1.50 bits per heavy atom. The average molecular weight is 177 g/mol. The molecular weight excluding hydrogens is 167 g/mol. The first-order valence-electron chi connectivity index (χ1n) is 3.93. The van der Waals surface area contributed by atoms with Crippen LogP contribution in [0.4, 0.5) is 13.2 Å². The van der Waals surface area contributed by atoms with E-state index < -0.39 is 11.6 Å². The maximum absolute atomic E-state index is 12.4. The summed E-state index contributed by atoms with van der Waals surface area (Å²) in [6.45, 7) is 4.12. The summed E-state index contributed by atoms with van der Waals surface area (Å²) in [6.07, 6.45) is -2.20. The summed E-state index contributed by atoms with van der Waals surface area (Å²) in [5.74, 6) is -0.171. The standard InChI is InChI=1S/C8H10F3N/c1-2-12-4-6-3-7(6,5-12)8(9,10)11/h2,6H,1,3-5H2. The van der Waals surface area contributed by atoms with Crippen LogP contribution in [-0.2, 0) is 0 Å². The molecule has 0 amide bonds. The topological polar surface area (TPSA) is 3.24 Å². The molecule has 0 aromatic carbocycles. The number of fused-ring (bicyclic) bond motifs is 1. The lowest BCUT2D eigenvalue weighted by molar-refractivity contribution is -0.187. The molecule has 0 bridgehead atoms. The van der Waals surface area contributed by atoms with E-state index in [0.29, 0.717) is 13.0 Å². The van der Waals surface area contributed by atoms with Crippen molar-refractivity contribution in [2.45, 2.75) is 12.6 Å². The Labute approximate surface area is 68.8 Å². The fourth-order valence-electron chi connectivity index (χ4n) is 2.10. The fraction of sp³-hybridized carbons (Fsp3) is 0.750. The van der Waals surface area contributed by atoms with E-state index in [9.17, 15) is 13.2 Å². The van der Waals surface area contributed by atoms with Gasteiger partial charge in [0.25, 0.3) is 0 Å². The maximum Gasteiger partial charge on any atom is 0.396 e. The van der Waals surface area contributed by atoms with E-state index in [2.05, 4.69) is 6.58 Å². The molecule has 2 aliphatic rings. The van der Waals surface area contributed by atoms with Gasteiger partial charge in [-0.25, -0.2) is 0 Å². The van der Waals surface area contributed by atoms with E-state index in [0.717, 1.165) is 0 Å². The third-order valence-corrected chi connectivity index (χ3v) is 2.99. The molecule has 1 aliphatic heterocycles. The number of rotatable bonds is 1. The van der Waals surface area contributed by atoms with E-state index in [4.69, 9.17) is 0 Å². The fourth-order valence-corrected chi connectivity index (χ4v) is 2.10. The van der Waals surface area contributed by atoms with E-state index in [-0.39, 0.29) is 12.5 Å². The molecule has 2 unspecified atom stereocenters. The van der Waals surface area contributed by atoms with Crippen LogP contribution in [-0.4, -0.2) is 24.2 Å². The van der Waals surface area contributed by atoms with Gasteiger partial charge in [-0.05, 0) is 18.5 Å². The van der Waals surface area contributed by atoms with Crippen molar-refractivity contribution < 1.29 is 13.2 Å². The molecule has 2 rings (SSSR count). The van der Waals surface area contributed by atoms with Crippen molar-refractivity contribution in [3.05, 3.63) is 12.8 Å². The molecule has 1 aliphatic carbocycles. The van der Waals surface area contributed by atoms with Gasteiger partial charge in [-0.3, -0.25) is 0 Å². The highest BCUT2D eigenvalue weighted by molar-refractivity contribution is 5.15. The van der Waals surface area contributed by atoms with Crippen LogP contribution in [0.15, 0.2) is 12.8 Å². The molecule has 2 fully saturated rings. The van der Waals surface area contributed by atoms with Gasteiger partial charge < -0.3 is 4.90 Å². The molecule has 68 valence electrons. The molecule has 1 saturated carbocycles. The maximum atomic E-state index is 12.4. The predicted octanol–water partition coefficient (Wildman–Crippen LogP) is 2.01. The lowest BCUT2D eigenvalue weighted by Gasteiger charge is -2.20. The molecule has 12 heavy (non-hydrogen) atoms. The summed E-state index contributed by atoms with van der Waals surface area (Å²) >= 11 is 0. The Morgan fingerprint density at radius 2 is 2.17 bits per heavy atom. The molecule has 0 radical (unpaired) electrons. The van der Waals surface area contributed by atoms with Crippen molar-refractivity contribution in [2.75, 3.05) is 13.1 Å². The number of piperidine rings is 1. The minimum atomic E-state index is -4.02. The number of hydrogen-bond donors (Lipinski definition) is 0. The molecule has 2 atom stereocenters.